The summed E-state index contributed by atoms with van der Waals surface area (Å²) in [4.78, 5) is 14.5. The van der Waals surface area contributed by atoms with Crippen LogP contribution in [0.2, 0.25) is 0 Å². The zero-order chi connectivity index (χ0) is 13.8. The number of hydrogen-bond acceptors (Lipinski definition) is 2. The Bertz CT molecular complexity index is 459. The molecular formula is C15H22BrClN2O. The molecule has 1 saturated heterocycles. The van der Waals surface area contributed by atoms with Gasteiger partial charge < -0.3 is 10.2 Å². The molecule has 0 saturated carbocycles. The predicted molar refractivity (Wildman–Crippen MR) is 88.7 cm³/mol. The van der Waals surface area contributed by atoms with Gasteiger partial charge in [-0.25, -0.2) is 0 Å². The van der Waals surface area contributed by atoms with Gasteiger partial charge in [-0.1, -0.05) is 22.0 Å². The first-order valence-electron chi connectivity index (χ1n) is 6.83. The summed E-state index contributed by atoms with van der Waals surface area (Å²) in [6.07, 6.45) is 3.26. The number of carbonyl (C=O) groups is 1. The number of carbonyl (C=O) groups excluding carboxylic acids is 1. The first kappa shape index (κ1) is 17.5. The molecule has 0 radical (unpaired) electrons. The molecule has 1 aromatic carbocycles. The van der Waals surface area contributed by atoms with Gasteiger partial charge in [-0.15, -0.1) is 12.4 Å². The summed E-state index contributed by atoms with van der Waals surface area (Å²) in [7, 11) is 1.93. The molecule has 0 bridgehead atoms. The molecule has 1 N–H and O–H groups in total. The van der Waals surface area contributed by atoms with E-state index in [2.05, 4.69) is 21.2 Å². The third-order valence-electron chi connectivity index (χ3n) is 3.84. The number of rotatable bonds is 2. The lowest BCUT2D eigenvalue weighted by molar-refractivity contribution is 0.0719. The van der Waals surface area contributed by atoms with Crippen molar-refractivity contribution in [3.63, 3.8) is 0 Å². The Morgan fingerprint density at radius 1 is 1.35 bits per heavy atom. The molecule has 20 heavy (non-hydrogen) atoms. The summed E-state index contributed by atoms with van der Waals surface area (Å²) in [5.74, 6) is 0.130. The third-order valence-corrected chi connectivity index (χ3v) is 4.34. The van der Waals surface area contributed by atoms with Crippen LogP contribution < -0.4 is 5.32 Å². The predicted octanol–water partition coefficient (Wildman–Crippen LogP) is 3.39. The summed E-state index contributed by atoms with van der Waals surface area (Å²) in [6.45, 7) is 4.05. The molecule has 1 heterocycles. The van der Waals surface area contributed by atoms with Gasteiger partial charge in [0, 0.05) is 23.1 Å². The molecule has 1 aliphatic heterocycles. The summed E-state index contributed by atoms with van der Waals surface area (Å²) < 4.78 is 0.956. The molecule has 0 aromatic heterocycles. The number of benzene rings is 1. The number of nitrogens with zero attached hydrogens (tertiary/aromatic N) is 1. The van der Waals surface area contributed by atoms with E-state index in [-0.39, 0.29) is 18.3 Å². The van der Waals surface area contributed by atoms with Crippen LogP contribution in [0.25, 0.3) is 0 Å². The van der Waals surface area contributed by atoms with Crippen LogP contribution in [0, 0.1) is 6.92 Å². The molecule has 112 valence electrons. The Balaban J connectivity index is 0.00000200. The molecule has 1 fully saturated rings. The van der Waals surface area contributed by atoms with Crippen LogP contribution in [0.5, 0.6) is 0 Å². The van der Waals surface area contributed by atoms with Crippen molar-refractivity contribution in [2.75, 3.05) is 20.1 Å². The highest BCUT2D eigenvalue weighted by molar-refractivity contribution is 9.10. The maximum Gasteiger partial charge on any atom is 0.254 e. The minimum absolute atomic E-state index is 0. The largest absolute Gasteiger partial charge is 0.339 e. The van der Waals surface area contributed by atoms with E-state index in [1.807, 2.05) is 37.1 Å². The van der Waals surface area contributed by atoms with Gasteiger partial charge in [0.15, 0.2) is 0 Å². The van der Waals surface area contributed by atoms with Crippen molar-refractivity contribution in [1.82, 2.24) is 10.2 Å². The SMILES string of the molecule is Cc1ccc(Br)cc1C(=O)N(C)C1CCCNCC1.Cl. The van der Waals surface area contributed by atoms with Crippen molar-refractivity contribution in [3.8, 4) is 0 Å². The van der Waals surface area contributed by atoms with Gasteiger partial charge in [-0.3, -0.25) is 4.79 Å². The van der Waals surface area contributed by atoms with E-state index < -0.39 is 0 Å². The molecule has 0 spiro atoms. The Kier molecular flexibility index (Phi) is 7.00. The quantitative estimate of drug-likeness (QED) is 0.875. The number of aryl methyl sites for hydroxylation is 1. The van der Waals surface area contributed by atoms with E-state index in [9.17, 15) is 4.79 Å². The van der Waals surface area contributed by atoms with E-state index in [0.717, 1.165) is 48.0 Å². The molecule has 2 rings (SSSR count). The highest BCUT2D eigenvalue weighted by atomic mass is 79.9. The van der Waals surface area contributed by atoms with E-state index in [0.29, 0.717) is 6.04 Å². The molecule has 1 amide bonds. The maximum atomic E-state index is 12.6. The monoisotopic (exact) mass is 360 g/mol. The number of nitrogens with one attached hydrogen (secondary N) is 1. The summed E-state index contributed by atoms with van der Waals surface area (Å²) in [6, 6.07) is 6.23. The Morgan fingerprint density at radius 2 is 2.10 bits per heavy atom. The maximum absolute atomic E-state index is 12.6. The standard InChI is InChI=1S/C15H21BrN2O.ClH/c1-11-5-6-12(16)10-14(11)15(19)18(2)13-4-3-8-17-9-7-13;/h5-6,10,13,17H,3-4,7-9H2,1-2H3;1H. The van der Waals surface area contributed by atoms with Crippen LogP contribution in [0.4, 0.5) is 0 Å². The van der Waals surface area contributed by atoms with Gasteiger partial charge in [0.05, 0.1) is 0 Å². The second-order valence-electron chi connectivity index (χ2n) is 5.21. The number of amides is 1. The Hall–Kier alpha value is -0.580. The van der Waals surface area contributed by atoms with Crippen LogP contribution >= 0.6 is 28.3 Å². The van der Waals surface area contributed by atoms with E-state index >= 15 is 0 Å². The fourth-order valence-corrected chi connectivity index (χ4v) is 2.93. The lowest BCUT2D eigenvalue weighted by Crippen LogP contribution is -2.37. The van der Waals surface area contributed by atoms with E-state index in [1.54, 1.807) is 0 Å². The molecular weight excluding hydrogens is 340 g/mol. The Morgan fingerprint density at radius 3 is 2.85 bits per heavy atom. The van der Waals surface area contributed by atoms with Crippen LogP contribution in [0.1, 0.15) is 35.2 Å². The minimum Gasteiger partial charge on any atom is -0.339 e. The van der Waals surface area contributed by atoms with Crippen molar-refractivity contribution in [2.45, 2.75) is 32.2 Å². The lowest BCUT2D eigenvalue weighted by atomic mass is 10.0. The van der Waals surface area contributed by atoms with Gasteiger partial charge in [-0.05, 0) is 57.0 Å². The van der Waals surface area contributed by atoms with Crippen LogP contribution in [0.15, 0.2) is 22.7 Å². The normalized spacial score (nSPS) is 18.9. The highest BCUT2D eigenvalue weighted by Crippen LogP contribution is 2.20. The lowest BCUT2D eigenvalue weighted by Gasteiger charge is -2.27. The number of hydrogen-bond donors (Lipinski definition) is 1. The first-order chi connectivity index (χ1) is 9.09. The van der Waals surface area contributed by atoms with E-state index in [1.165, 1.54) is 0 Å². The zero-order valence-corrected chi connectivity index (χ0v) is 14.4. The van der Waals surface area contributed by atoms with Crippen molar-refractivity contribution in [1.29, 1.82) is 0 Å². The summed E-state index contributed by atoms with van der Waals surface area (Å²) >= 11 is 3.44. The van der Waals surface area contributed by atoms with Gasteiger partial charge in [-0.2, -0.15) is 0 Å². The van der Waals surface area contributed by atoms with Crippen molar-refractivity contribution >= 4 is 34.2 Å². The first-order valence-corrected chi connectivity index (χ1v) is 7.63. The van der Waals surface area contributed by atoms with Gasteiger partial charge in [0.25, 0.3) is 5.91 Å². The fourth-order valence-electron chi connectivity index (χ4n) is 2.57. The van der Waals surface area contributed by atoms with Crippen molar-refractivity contribution in [3.05, 3.63) is 33.8 Å². The smallest absolute Gasteiger partial charge is 0.254 e. The average Bonchev–Trinajstić information content (AvgIpc) is 2.69. The molecule has 5 heteroatoms. The summed E-state index contributed by atoms with van der Waals surface area (Å²) in [5, 5.41) is 3.39. The van der Waals surface area contributed by atoms with Gasteiger partial charge in [0.1, 0.15) is 0 Å². The van der Waals surface area contributed by atoms with Crippen LogP contribution in [-0.2, 0) is 0 Å². The van der Waals surface area contributed by atoms with E-state index in [4.69, 9.17) is 0 Å². The second-order valence-corrected chi connectivity index (χ2v) is 6.13. The Labute approximate surface area is 135 Å². The third kappa shape index (κ3) is 4.21. The van der Waals surface area contributed by atoms with Crippen molar-refractivity contribution < 1.29 is 4.79 Å². The molecule has 1 atom stereocenters. The molecule has 1 aliphatic rings. The minimum atomic E-state index is 0. The van der Waals surface area contributed by atoms with Crippen molar-refractivity contribution in [2.24, 2.45) is 0 Å². The van der Waals surface area contributed by atoms with Crippen LogP contribution in [0.3, 0.4) is 0 Å². The average molecular weight is 362 g/mol. The zero-order valence-electron chi connectivity index (χ0n) is 12.0. The molecule has 1 aromatic rings. The summed E-state index contributed by atoms with van der Waals surface area (Å²) in [5.41, 5.74) is 1.83. The molecule has 3 nitrogen and oxygen atoms in total. The fraction of sp³-hybridized carbons (Fsp3) is 0.533. The topological polar surface area (TPSA) is 32.3 Å². The molecule has 0 aliphatic carbocycles. The molecule has 1 unspecified atom stereocenters. The number of halogens is 2. The highest BCUT2D eigenvalue weighted by Gasteiger charge is 2.23. The van der Waals surface area contributed by atoms with Crippen LogP contribution in [-0.4, -0.2) is 37.0 Å². The second kappa shape index (κ2) is 8.01. The van der Waals surface area contributed by atoms with Gasteiger partial charge in [0.2, 0.25) is 0 Å². The van der Waals surface area contributed by atoms with Gasteiger partial charge >= 0.3 is 0 Å².